The average Bonchev–Trinajstić information content (AvgIpc) is 2.90. The number of fused-ring (bicyclic) bond motifs is 1. The van der Waals surface area contributed by atoms with Crippen LogP contribution in [-0.2, 0) is 0 Å². The van der Waals surface area contributed by atoms with E-state index in [0.29, 0.717) is 28.9 Å². The van der Waals surface area contributed by atoms with Crippen molar-refractivity contribution >= 4 is 5.91 Å². The van der Waals surface area contributed by atoms with Crippen LogP contribution in [-0.4, -0.2) is 18.7 Å². The molecule has 0 radical (unpaired) electrons. The minimum atomic E-state index is -0.0195. The third kappa shape index (κ3) is 2.47. The van der Waals surface area contributed by atoms with E-state index in [1.807, 2.05) is 0 Å². The second-order valence-electron chi connectivity index (χ2n) is 5.95. The number of carbonyl (C=O) groups is 1. The Morgan fingerprint density at radius 3 is 2.60 bits per heavy atom. The predicted molar refractivity (Wildman–Crippen MR) is 76.0 cm³/mol. The highest BCUT2D eigenvalue weighted by Crippen LogP contribution is 2.33. The molecule has 4 heteroatoms. The number of hydrogen-bond acceptors (Lipinski definition) is 3. The molecular weight excluding hydrogens is 254 g/mol. The largest absolute Gasteiger partial charge is 0.454 e. The molecule has 0 spiro atoms. The Morgan fingerprint density at radius 1 is 1.15 bits per heavy atom. The maximum atomic E-state index is 12.4. The third-order valence-corrected chi connectivity index (χ3v) is 4.48. The fourth-order valence-electron chi connectivity index (χ4n) is 3.24. The summed E-state index contributed by atoms with van der Waals surface area (Å²) in [7, 11) is 0. The van der Waals surface area contributed by atoms with Crippen LogP contribution in [0.2, 0.25) is 0 Å². The molecule has 2 unspecified atom stereocenters. The summed E-state index contributed by atoms with van der Waals surface area (Å²) in [6.07, 6.45) is 3.64. The zero-order valence-electron chi connectivity index (χ0n) is 12.0. The van der Waals surface area contributed by atoms with Crippen LogP contribution in [0, 0.1) is 11.8 Å². The normalized spacial score (nSPS) is 28.2. The number of amides is 1. The van der Waals surface area contributed by atoms with E-state index in [2.05, 4.69) is 19.2 Å². The second kappa shape index (κ2) is 5.35. The van der Waals surface area contributed by atoms with Crippen molar-refractivity contribution < 1.29 is 14.3 Å². The lowest BCUT2D eigenvalue weighted by molar-refractivity contribution is 0.0880. The molecule has 1 fully saturated rings. The minimum Gasteiger partial charge on any atom is -0.454 e. The topological polar surface area (TPSA) is 47.6 Å². The van der Waals surface area contributed by atoms with Gasteiger partial charge in [0.2, 0.25) is 6.79 Å². The number of rotatable bonds is 2. The first-order valence-electron chi connectivity index (χ1n) is 7.35. The fraction of sp³-hybridized carbons (Fsp3) is 0.562. The molecule has 0 bridgehead atoms. The standard InChI is InChI=1S/C16H21NO3/c1-10-4-3-5-11(2)15(10)17-16(18)12-6-7-13-14(8-12)20-9-19-13/h6-8,10-11,15H,3-5,9H2,1-2H3,(H,17,18). The van der Waals surface area contributed by atoms with Crippen molar-refractivity contribution in [3.63, 3.8) is 0 Å². The van der Waals surface area contributed by atoms with Gasteiger partial charge in [-0.1, -0.05) is 20.3 Å². The maximum absolute atomic E-state index is 12.4. The Kier molecular flexibility index (Phi) is 3.55. The number of carbonyl (C=O) groups excluding carboxylic acids is 1. The summed E-state index contributed by atoms with van der Waals surface area (Å²) in [5.41, 5.74) is 0.638. The smallest absolute Gasteiger partial charge is 0.251 e. The molecule has 0 aromatic heterocycles. The summed E-state index contributed by atoms with van der Waals surface area (Å²) in [6.45, 7) is 4.68. The Labute approximate surface area is 119 Å². The molecule has 108 valence electrons. The summed E-state index contributed by atoms with van der Waals surface area (Å²) in [6, 6.07) is 5.61. The molecule has 2 atom stereocenters. The van der Waals surface area contributed by atoms with E-state index in [1.165, 1.54) is 19.3 Å². The first-order valence-corrected chi connectivity index (χ1v) is 7.35. The zero-order valence-corrected chi connectivity index (χ0v) is 12.0. The van der Waals surface area contributed by atoms with Gasteiger partial charge < -0.3 is 14.8 Å². The summed E-state index contributed by atoms with van der Waals surface area (Å²) in [5, 5.41) is 3.19. The van der Waals surface area contributed by atoms with Gasteiger partial charge in [0, 0.05) is 11.6 Å². The molecular formula is C16H21NO3. The SMILES string of the molecule is CC1CCCC(C)C1NC(=O)c1ccc2c(c1)OCO2. The van der Waals surface area contributed by atoms with E-state index in [0.717, 1.165) is 0 Å². The van der Waals surface area contributed by atoms with E-state index in [4.69, 9.17) is 9.47 Å². The molecule has 1 aliphatic heterocycles. The maximum Gasteiger partial charge on any atom is 0.251 e. The van der Waals surface area contributed by atoms with Crippen molar-refractivity contribution in [2.24, 2.45) is 11.8 Å². The van der Waals surface area contributed by atoms with Crippen molar-refractivity contribution in [3.8, 4) is 11.5 Å². The van der Waals surface area contributed by atoms with Gasteiger partial charge in [0.05, 0.1) is 0 Å². The van der Waals surface area contributed by atoms with Gasteiger partial charge in [0.25, 0.3) is 5.91 Å². The minimum absolute atomic E-state index is 0.0195. The monoisotopic (exact) mass is 275 g/mol. The van der Waals surface area contributed by atoms with Gasteiger partial charge in [0.15, 0.2) is 11.5 Å². The Bertz CT molecular complexity index is 504. The Morgan fingerprint density at radius 2 is 1.85 bits per heavy atom. The lowest BCUT2D eigenvalue weighted by Crippen LogP contribution is -2.45. The predicted octanol–water partition coefficient (Wildman–Crippen LogP) is 2.97. The summed E-state index contributed by atoms with van der Waals surface area (Å²) >= 11 is 0. The van der Waals surface area contributed by atoms with E-state index < -0.39 is 0 Å². The Balaban J connectivity index is 1.72. The summed E-state index contributed by atoms with van der Waals surface area (Å²) < 4.78 is 10.6. The van der Waals surface area contributed by atoms with Crippen molar-refractivity contribution in [3.05, 3.63) is 23.8 Å². The van der Waals surface area contributed by atoms with Gasteiger partial charge >= 0.3 is 0 Å². The number of benzene rings is 1. The molecule has 1 N–H and O–H groups in total. The molecule has 0 saturated heterocycles. The van der Waals surface area contributed by atoms with Crippen LogP contribution in [0.25, 0.3) is 0 Å². The second-order valence-corrected chi connectivity index (χ2v) is 5.95. The lowest BCUT2D eigenvalue weighted by Gasteiger charge is -2.35. The van der Waals surface area contributed by atoms with Crippen LogP contribution >= 0.6 is 0 Å². The Hall–Kier alpha value is -1.71. The zero-order chi connectivity index (χ0) is 14.1. The highest BCUT2D eigenvalue weighted by Gasteiger charge is 2.29. The molecule has 1 aromatic carbocycles. The quantitative estimate of drug-likeness (QED) is 0.902. The number of hydrogen-bond donors (Lipinski definition) is 1. The molecule has 1 amide bonds. The fourth-order valence-corrected chi connectivity index (χ4v) is 3.24. The summed E-state index contributed by atoms with van der Waals surface area (Å²) in [4.78, 5) is 12.4. The number of nitrogens with one attached hydrogen (secondary N) is 1. The van der Waals surface area contributed by atoms with Crippen LogP contribution in [0.3, 0.4) is 0 Å². The van der Waals surface area contributed by atoms with Gasteiger partial charge in [-0.3, -0.25) is 4.79 Å². The first-order chi connectivity index (χ1) is 9.65. The van der Waals surface area contributed by atoms with Crippen molar-refractivity contribution in [2.45, 2.75) is 39.2 Å². The number of ether oxygens (including phenoxy) is 2. The lowest BCUT2D eigenvalue weighted by atomic mass is 9.78. The molecule has 1 saturated carbocycles. The highest BCUT2D eigenvalue weighted by molar-refractivity contribution is 5.95. The van der Waals surface area contributed by atoms with E-state index in [-0.39, 0.29) is 18.7 Å². The average molecular weight is 275 g/mol. The van der Waals surface area contributed by atoms with Crippen LogP contribution in [0.5, 0.6) is 11.5 Å². The van der Waals surface area contributed by atoms with Crippen molar-refractivity contribution in [1.82, 2.24) is 5.32 Å². The van der Waals surface area contributed by atoms with Crippen LogP contribution in [0.15, 0.2) is 18.2 Å². The van der Waals surface area contributed by atoms with Gasteiger partial charge in [-0.05, 0) is 42.9 Å². The summed E-state index contributed by atoms with van der Waals surface area (Å²) in [5.74, 6) is 2.42. The van der Waals surface area contributed by atoms with Gasteiger partial charge in [0.1, 0.15) is 0 Å². The first kappa shape index (κ1) is 13.3. The molecule has 3 rings (SSSR count). The van der Waals surface area contributed by atoms with Gasteiger partial charge in [-0.25, -0.2) is 0 Å². The third-order valence-electron chi connectivity index (χ3n) is 4.48. The van der Waals surface area contributed by atoms with Crippen LogP contribution < -0.4 is 14.8 Å². The molecule has 2 aliphatic rings. The molecule has 1 aliphatic carbocycles. The van der Waals surface area contributed by atoms with E-state index in [1.54, 1.807) is 18.2 Å². The van der Waals surface area contributed by atoms with Crippen LogP contribution in [0.4, 0.5) is 0 Å². The van der Waals surface area contributed by atoms with Gasteiger partial charge in [-0.15, -0.1) is 0 Å². The molecule has 1 aromatic rings. The van der Waals surface area contributed by atoms with E-state index in [9.17, 15) is 4.79 Å². The molecule has 20 heavy (non-hydrogen) atoms. The van der Waals surface area contributed by atoms with Crippen LogP contribution in [0.1, 0.15) is 43.5 Å². The molecule has 1 heterocycles. The van der Waals surface area contributed by atoms with Crippen molar-refractivity contribution in [1.29, 1.82) is 0 Å². The van der Waals surface area contributed by atoms with Gasteiger partial charge in [-0.2, -0.15) is 0 Å². The highest BCUT2D eigenvalue weighted by atomic mass is 16.7. The van der Waals surface area contributed by atoms with Crippen molar-refractivity contribution in [2.75, 3.05) is 6.79 Å². The van der Waals surface area contributed by atoms with E-state index >= 15 is 0 Å². The molecule has 4 nitrogen and oxygen atoms in total.